The van der Waals surface area contributed by atoms with Crippen molar-refractivity contribution < 1.29 is 4.79 Å². The second-order valence-corrected chi connectivity index (χ2v) is 7.24. The van der Waals surface area contributed by atoms with Crippen LogP contribution in [0.1, 0.15) is 71.5 Å². The maximum Gasteiger partial charge on any atom is 0.274 e. The largest absolute Gasteiger partial charge is 0.344 e. The number of nitrogens with zero attached hydrogens (tertiary/aromatic N) is 3. The summed E-state index contributed by atoms with van der Waals surface area (Å²) in [6.07, 6.45) is 2.99. The number of carbonyl (C=O) groups excluding carboxylic acids is 1. The van der Waals surface area contributed by atoms with E-state index in [1.54, 1.807) is 0 Å². The van der Waals surface area contributed by atoms with Gasteiger partial charge >= 0.3 is 0 Å². The first kappa shape index (κ1) is 16.3. The van der Waals surface area contributed by atoms with E-state index in [4.69, 9.17) is 0 Å². The molecule has 1 fully saturated rings. The van der Waals surface area contributed by atoms with Gasteiger partial charge in [-0.25, -0.2) is 4.68 Å². The van der Waals surface area contributed by atoms with E-state index in [9.17, 15) is 4.79 Å². The van der Waals surface area contributed by atoms with Gasteiger partial charge in [0.2, 0.25) is 0 Å². The number of fused-ring (bicyclic) bond motifs is 1. The Morgan fingerprint density at radius 1 is 1.24 bits per heavy atom. The van der Waals surface area contributed by atoms with Crippen LogP contribution in [-0.2, 0) is 0 Å². The zero-order valence-corrected chi connectivity index (χ0v) is 14.8. The van der Waals surface area contributed by atoms with Gasteiger partial charge in [-0.15, -0.1) is 5.10 Å². The van der Waals surface area contributed by atoms with Crippen molar-refractivity contribution in [2.24, 2.45) is 0 Å². The van der Waals surface area contributed by atoms with E-state index in [2.05, 4.69) is 46.1 Å². The summed E-state index contributed by atoms with van der Waals surface area (Å²) in [5, 5.41) is 15.0. The molecule has 132 valence electrons. The van der Waals surface area contributed by atoms with Crippen LogP contribution in [0.2, 0.25) is 0 Å². The summed E-state index contributed by atoms with van der Waals surface area (Å²) >= 11 is 0. The Hall–Kier alpha value is -2.21. The Bertz CT molecular complexity index is 778. The average molecular weight is 339 g/mol. The van der Waals surface area contributed by atoms with Crippen molar-refractivity contribution in [3.63, 3.8) is 0 Å². The number of carbonyl (C=O) groups is 1. The fourth-order valence-electron chi connectivity index (χ4n) is 4.20. The third-order valence-corrected chi connectivity index (χ3v) is 5.59. The molecular formula is C19H25N5O. The minimum Gasteiger partial charge on any atom is -0.344 e. The molecule has 1 amide bonds. The molecule has 25 heavy (non-hydrogen) atoms. The molecule has 2 aliphatic rings. The maximum absolute atomic E-state index is 12.8. The number of benzene rings is 1. The number of hydrogen-bond acceptors (Lipinski definition) is 4. The molecule has 0 radical (unpaired) electrons. The van der Waals surface area contributed by atoms with E-state index >= 15 is 0 Å². The van der Waals surface area contributed by atoms with Gasteiger partial charge < -0.3 is 10.6 Å². The lowest BCUT2D eigenvalue weighted by Crippen LogP contribution is -2.31. The molecule has 0 bridgehead atoms. The molecule has 1 aromatic carbocycles. The molecule has 0 unspecified atom stereocenters. The monoisotopic (exact) mass is 339 g/mol. The molecule has 2 heterocycles. The lowest BCUT2D eigenvalue weighted by Gasteiger charge is -2.23. The molecule has 2 atom stereocenters. The zero-order valence-electron chi connectivity index (χ0n) is 14.8. The van der Waals surface area contributed by atoms with Gasteiger partial charge in [0, 0.05) is 0 Å². The Labute approximate surface area is 148 Å². The van der Waals surface area contributed by atoms with E-state index in [1.807, 2.05) is 17.7 Å². The fraction of sp³-hybridized carbons (Fsp3) is 0.526. The standard InChI is InChI=1S/C19H25N5O/c1-12-11-17(16-6-4-3-5-15(12)16)21-19(25)18-13(2)24(23-22-18)14-7-9-20-10-8-14/h3-6,12,14,17,20H,7-11H2,1-2H3,(H,21,25)/t12-,17-/m0/s1. The van der Waals surface area contributed by atoms with Gasteiger partial charge in [0.1, 0.15) is 0 Å². The van der Waals surface area contributed by atoms with Crippen LogP contribution in [0.4, 0.5) is 0 Å². The lowest BCUT2D eigenvalue weighted by atomic mass is 10.0. The molecule has 2 aromatic rings. The summed E-state index contributed by atoms with van der Waals surface area (Å²) in [7, 11) is 0. The molecule has 2 N–H and O–H groups in total. The van der Waals surface area contributed by atoms with Gasteiger partial charge in [-0.3, -0.25) is 4.79 Å². The third kappa shape index (κ3) is 2.95. The molecule has 4 rings (SSSR count). The average Bonchev–Trinajstić information content (AvgIpc) is 3.17. The highest BCUT2D eigenvalue weighted by Crippen LogP contribution is 2.39. The molecule has 0 saturated carbocycles. The topological polar surface area (TPSA) is 71.8 Å². The van der Waals surface area contributed by atoms with Gasteiger partial charge in [0.15, 0.2) is 5.69 Å². The smallest absolute Gasteiger partial charge is 0.274 e. The van der Waals surface area contributed by atoms with Crippen molar-refractivity contribution in [3.05, 3.63) is 46.8 Å². The molecule has 6 heteroatoms. The van der Waals surface area contributed by atoms with E-state index in [1.165, 1.54) is 11.1 Å². The number of amides is 1. The number of piperidine rings is 1. The van der Waals surface area contributed by atoms with Crippen LogP contribution in [0, 0.1) is 6.92 Å². The quantitative estimate of drug-likeness (QED) is 0.901. The van der Waals surface area contributed by atoms with Crippen LogP contribution in [0.5, 0.6) is 0 Å². The predicted octanol–water partition coefficient (Wildman–Crippen LogP) is 2.49. The van der Waals surface area contributed by atoms with Crippen molar-refractivity contribution >= 4 is 5.91 Å². The summed E-state index contributed by atoms with van der Waals surface area (Å²) in [4.78, 5) is 12.8. The van der Waals surface area contributed by atoms with Crippen LogP contribution in [0.3, 0.4) is 0 Å². The fourth-order valence-corrected chi connectivity index (χ4v) is 4.20. The summed E-state index contributed by atoms with van der Waals surface area (Å²) < 4.78 is 1.93. The van der Waals surface area contributed by atoms with E-state index in [-0.39, 0.29) is 11.9 Å². The Morgan fingerprint density at radius 3 is 2.72 bits per heavy atom. The van der Waals surface area contributed by atoms with Crippen molar-refractivity contribution in [3.8, 4) is 0 Å². The Morgan fingerprint density at radius 2 is 1.96 bits per heavy atom. The van der Waals surface area contributed by atoms with Gasteiger partial charge in [0.25, 0.3) is 5.91 Å². The van der Waals surface area contributed by atoms with Gasteiger partial charge in [-0.2, -0.15) is 0 Å². The maximum atomic E-state index is 12.8. The minimum atomic E-state index is -0.119. The van der Waals surface area contributed by atoms with E-state index < -0.39 is 0 Å². The van der Waals surface area contributed by atoms with E-state index in [0.29, 0.717) is 17.7 Å². The number of hydrogen-bond donors (Lipinski definition) is 2. The lowest BCUT2D eigenvalue weighted by molar-refractivity contribution is 0.0930. The summed E-state index contributed by atoms with van der Waals surface area (Å²) in [6.45, 7) is 6.14. The SMILES string of the molecule is Cc1c(C(=O)N[C@H]2C[C@H](C)c3ccccc32)nnn1C1CCNCC1. The summed E-state index contributed by atoms with van der Waals surface area (Å²) in [6, 6.07) is 8.76. The highest BCUT2D eigenvalue weighted by molar-refractivity contribution is 5.93. The molecule has 1 saturated heterocycles. The third-order valence-electron chi connectivity index (χ3n) is 5.59. The Balaban J connectivity index is 1.52. The van der Waals surface area contributed by atoms with Crippen LogP contribution in [-0.4, -0.2) is 34.0 Å². The predicted molar refractivity (Wildman–Crippen MR) is 95.6 cm³/mol. The second kappa shape index (κ2) is 6.59. The highest BCUT2D eigenvalue weighted by Gasteiger charge is 2.30. The first-order valence-corrected chi connectivity index (χ1v) is 9.17. The summed E-state index contributed by atoms with van der Waals surface area (Å²) in [5.41, 5.74) is 3.88. The summed E-state index contributed by atoms with van der Waals surface area (Å²) in [5.74, 6) is 0.347. The normalized spacial score (nSPS) is 23.4. The van der Waals surface area contributed by atoms with Gasteiger partial charge in [-0.05, 0) is 56.3 Å². The van der Waals surface area contributed by atoms with Crippen molar-refractivity contribution in [1.82, 2.24) is 25.6 Å². The Kier molecular flexibility index (Phi) is 4.29. The molecule has 6 nitrogen and oxygen atoms in total. The minimum absolute atomic E-state index is 0.0575. The first-order valence-electron chi connectivity index (χ1n) is 9.17. The molecule has 1 aromatic heterocycles. The van der Waals surface area contributed by atoms with Crippen molar-refractivity contribution in [2.45, 2.75) is 51.1 Å². The van der Waals surface area contributed by atoms with E-state index in [0.717, 1.165) is 38.0 Å². The highest BCUT2D eigenvalue weighted by atomic mass is 16.2. The van der Waals surface area contributed by atoms with Crippen LogP contribution in [0.25, 0.3) is 0 Å². The molecule has 0 spiro atoms. The second-order valence-electron chi connectivity index (χ2n) is 7.24. The van der Waals surface area contributed by atoms with Crippen LogP contribution >= 0.6 is 0 Å². The van der Waals surface area contributed by atoms with Crippen LogP contribution in [0.15, 0.2) is 24.3 Å². The molecule has 1 aliphatic carbocycles. The van der Waals surface area contributed by atoms with Crippen molar-refractivity contribution in [2.75, 3.05) is 13.1 Å². The number of rotatable bonds is 3. The molecule has 1 aliphatic heterocycles. The van der Waals surface area contributed by atoms with Crippen LogP contribution < -0.4 is 10.6 Å². The van der Waals surface area contributed by atoms with Gasteiger partial charge in [-0.1, -0.05) is 36.4 Å². The first-order chi connectivity index (χ1) is 12.1. The molecular weight excluding hydrogens is 314 g/mol. The van der Waals surface area contributed by atoms with Gasteiger partial charge in [0.05, 0.1) is 17.8 Å². The zero-order chi connectivity index (χ0) is 17.4. The van der Waals surface area contributed by atoms with Crippen molar-refractivity contribution in [1.29, 1.82) is 0 Å². The number of aromatic nitrogens is 3. The number of nitrogens with one attached hydrogen (secondary N) is 2.